The van der Waals surface area contributed by atoms with Crippen LogP contribution in [0.5, 0.6) is 0 Å². The Morgan fingerprint density at radius 1 is 1.31 bits per heavy atom. The van der Waals surface area contributed by atoms with E-state index in [2.05, 4.69) is 12.2 Å². The normalized spacial score (nSPS) is 29.0. The Labute approximate surface area is 96.4 Å². The smallest absolute Gasteiger partial charge is 0.246 e. The van der Waals surface area contributed by atoms with Crippen LogP contribution in [0, 0.1) is 5.41 Å². The van der Waals surface area contributed by atoms with Crippen molar-refractivity contribution in [3.05, 3.63) is 0 Å². The number of piperazine rings is 1. The van der Waals surface area contributed by atoms with Gasteiger partial charge in [-0.15, -0.1) is 0 Å². The van der Waals surface area contributed by atoms with E-state index in [1.165, 1.54) is 0 Å². The van der Waals surface area contributed by atoms with E-state index in [0.717, 1.165) is 12.8 Å². The second-order valence-corrected chi connectivity index (χ2v) is 6.29. The molecule has 90 valence electrons. The maximum Gasteiger partial charge on any atom is 0.246 e. The van der Waals surface area contributed by atoms with Crippen molar-refractivity contribution in [3.63, 3.8) is 0 Å². The van der Waals surface area contributed by atoms with Crippen LogP contribution in [0.1, 0.15) is 40.5 Å². The first-order valence-electron chi connectivity index (χ1n) is 5.85. The van der Waals surface area contributed by atoms with Crippen LogP contribution in [0.3, 0.4) is 0 Å². The highest BCUT2D eigenvalue weighted by Crippen LogP contribution is 2.42. The fraction of sp³-hybridized carbons (Fsp3) is 0.833. The van der Waals surface area contributed by atoms with Crippen molar-refractivity contribution in [3.8, 4) is 0 Å². The lowest BCUT2D eigenvalue weighted by molar-refractivity contribution is -0.150. The molecule has 2 rings (SSSR count). The third kappa shape index (κ3) is 1.81. The minimum Gasteiger partial charge on any atom is -0.342 e. The molecule has 2 amide bonds. The number of nitrogens with one attached hydrogen (secondary N) is 1. The molecule has 1 heterocycles. The molecule has 0 aromatic rings. The summed E-state index contributed by atoms with van der Waals surface area (Å²) in [6.45, 7) is 8.23. The Morgan fingerprint density at radius 3 is 2.31 bits per heavy atom. The summed E-state index contributed by atoms with van der Waals surface area (Å²) in [4.78, 5) is 25.7. The van der Waals surface area contributed by atoms with Gasteiger partial charge in [0, 0.05) is 5.54 Å². The summed E-state index contributed by atoms with van der Waals surface area (Å²) < 4.78 is 0. The van der Waals surface area contributed by atoms with Crippen molar-refractivity contribution in [2.45, 2.75) is 52.1 Å². The predicted molar refractivity (Wildman–Crippen MR) is 60.7 cm³/mol. The molecule has 1 saturated heterocycles. The van der Waals surface area contributed by atoms with Gasteiger partial charge in [-0.25, -0.2) is 0 Å². The Hall–Kier alpha value is -1.06. The van der Waals surface area contributed by atoms with E-state index in [1.54, 1.807) is 4.90 Å². The van der Waals surface area contributed by atoms with Gasteiger partial charge in [0.15, 0.2) is 0 Å². The van der Waals surface area contributed by atoms with Crippen LogP contribution >= 0.6 is 0 Å². The molecule has 0 aromatic heterocycles. The van der Waals surface area contributed by atoms with E-state index in [4.69, 9.17) is 0 Å². The average Bonchev–Trinajstić information content (AvgIpc) is 2.86. The number of carbonyl (C=O) groups is 2. The van der Waals surface area contributed by atoms with Crippen molar-refractivity contribution < 1.29 is 9.59 Å². The third-order valence-corrected chi connectivity index (χ3v) is 3.61. The lowest BCUT2D eigenvalue weighted by Gasteiger charge is -2.41. The van der Waals surface area contributed by atoms with E-state index >= 15 is 0 Å². The summed E-state index contributed by atoms with van der Waals surface area (Å²) >= 11 is 0. The minimum atomic E-state index is -0.383. The van der Waals surface area contributed by atoms with E-state index in [0.29, 0.717) is 0 Å². The summed E-state index contributed by atoms with van der Waals surface area (Å²) in [6, 6.07) is -0.383. The fourth-order valence-corrected chi connectivity index (χ4v) is 2.14. The minimum absolute atomic E-state index is 0.0346. The predicted octanol–water partition coefficient (Wildman–Crippen LogP) is 0.912. The van der Waals surface area contributed by atoms with Gasteiger partial charge in [-0.2, -0.15) is 0 Å². The summed E-state index contributed by atoms with van der Waals surface area (Å²) in [5, 5.41) is 2.81. The van der Waals surface area contributed by atoms with Crippen LogP contribution in [0.2, 0.25) is 0 Å². The highest BCUT2D eigenvalue weighted by atomic mass is 16.2. The molecule has 1 aliphatic heterocycles. The molecule has 4 nitrogen and oxygen atoms in total. The molecule has 1 unspecified atom stereocenters. The number of hydrogen-bond donors (Lipinski definition) is 1. The van der Waals surface area contributed by atoms with Crippen LogP contribution in [-0.2, 0) is 9.59 Å². The Bertz CT molecular complexity index is 320. The van der Waals surface area contributed by atoms with Gasteiger partial charge < -0.3 is 10.2 Å². The van der Waals surface area contributed by atoms with Crippen molar-refractivity contribution in [2.24, 2.45) is 5.41 Å². The quantitative estimate of drug-likeness (QED) is 0.720. The molecular weight excluding hydrogens is 204 g/mol. The van der Waals surface area contributed by atoms with Gasteiger partial charge in [-0.1, -0.05) is 20.8 Å². The van der Waals surface area contributed by atoms with E-state index in [-0.39, 0.29) is 35.4 Å². The average molecular weight is 224 g/mol. The van der Waals surface area contributed by atoms with E-state index in [1.807, 2.05) is 20.8 Å². The summed E-state index contributed by atoms with van der Waals surface area (Å²) in [5.41, 5.74) is -0.283. The summed E-state index contributed by atoms with van der Waals surface area (Å²) in [5.74, 6) is 0.0414. The lowest BCUT2D eigenvalue weighted by atomic mass is 9.84. The maximum atomic E-state index is 12.3. The zero-order valence-electron chi connectivity index (χ0n) is 10.5. The first kappa shape index (κ1) is 11.4. The SMILES string of the molecule is CC(C)(C)C1NC(=O)CN(C2(C)CC2)C1=O. The zero-order valence-corrected chi connectivity index (χ0v) is 10.5. The standard InChI is InChI=1S/C12H20N2O2/c1-11(2,3)9-10(16)14(7-8(15)13-9)12(4)5-6-12/h9H,5-7H2,1-4H3,(H,13,15). The molecule has 16 heavy (non-hydrogen) atoms. The monoisotopic (exact) mass is 224 g/mol. The Balaban J connectivity index is 2.23. The summed E-state index contributed by atoms with van der Waals surface area (Å²) in [7, 11) is 0. The maximum absolute atomic E-state index is 12.3. The van der Waals surface area contributed by atoms with Gasteiger partial charge in [-0.3, -0.25) is 9.59 Å². The van der Waals surface area contributed by atoms with Crippen LogP contribution in [0.4, 0.5) is 0 Å². The van der Waals surface area contributed by atoms with Crippen LogP contribution in [0.15, 0.2) is 0 Å². The molecule has 1 N–H and O–H groups in total. The number of nitrogens with zero attached hydrogens (tertiary/aromatic N) is 1. The fourth-order valence-electron chi connectivity index (χ4n) is 2.14. The molecule has 0 radical (unpaired) electrons. The van der Waals surface area contributed by atoms with Crippen molar-refractivity contribution in [1.29, 1.82) is 0 Å². The third-order valence-electron chi connectivity index (χ3n) is 3.61. The van der Waals surface area contributed by atoms with Crippen molar-refractivity contribution in [2.75, 3.05) is 6.54 Å². The number of carbonyl (C=O) groups excluding carboxylic acids is 2. The lowest BCUT2D eigenvalue weighted by Crippen LogP contribution is -2.64. The van der Waals surface area contributed by atoms with Gasteiger partial charge in [0.1, 0.15) is 12.6 Å². The van der Waals surface area contributed by atoms with Gasteiger partial charge in [0.2, 0.25) is 11.8 Å². The first-order valence-corrected chi connectivity index (χ1v) is 5.85. The second-order valence-electron chi connectivity index (χ2n) is 6.29. The number of hydrogen-bond acceptors (Lipinski definition) is 2. The number of rotatable bonds is 1. The topological polar surface area (TPSA) is 49.4 Å². The molecule has 1 saturated carbocycles. The molecule has 0 spiro atoms. The second kappa shape index (κ2) is 3.22. The molecule has 2 fully saturated rings. The van der Waals surface area contributed by atoms with E-state index < -0.39 is 0 Å². The number of amides is 2. The van der Waals surface area contributed by atoms with Gasteiger partial charge in [-0.05, 0) is 25.2 Å². The Kier molecular flexibility index (Phi) is 2.30. The molecule has 2 aliphatic rings. The highest BCUT2D eigenvalue weighted by molar-refractivity contribution is 5.96. The zero-order chi connectivity index (χ0) is 12.1. The molecular formula is C12H20N2O2. The van der Waals surface area contributed by atoms with Gasteiger partial charge in [0.25, 0.3) is 0 Å². The molecule has 0 aromatic carbocycles. The molecule has 1 atom stereocenters. The molecule has 1 aliphatic carbocycles. The first-order chi connectivity index (χ1) is 7.24. The van der Waals surface area contributed by atoms with Crippen molar-refractivity contribution >= 4 is 11.8 Å². The Morgan fingerprint density at radius 2 is 1.88 bits per heavy atom. The van der Waals surface area contributed by atoms with Gasteiger partial charge in [0.05, 0.1) is 0 Å². The van der Waals surface area contributed by atoms with Gasteiger partial charge >= 0.3 is 0 Å². The van der Waals surface area contributed by atoms with Crippen LogP contribution in [0.25, 0.3) is 0 Å². The summed E-state index contributed by atoms with van der Waals surface area (Å²) in [6.07, 6.45) is 2.03. The molecule has 4 heteroatoms. The van der Waals surface area contributed by atoms with Crippen LogP contribution < -0.4 is 5.32 Å². The van der Waals surface area contributed by atoms with E-state index in [9.17, 15) is 9.59 Å². The largest absolute Gasteiger partial charge is 0.342 e. The van der Waals surface area contributed by atoms with Crippen molar-refractivity contribution in [1.82, 2.24) is 10.2 Å². The highest BCUT2D eigenvalue weighted by Gasteiger charge is 2.51. The molecule has 0 bridgehead atoms. The van der Waals surface area contributed by atoms with Crippen LogP contribution in [-0.4, -0.2) is 34.8 Å².